The van der Waals surface area contributed by atoms with Crippen molar-refractivity contribution in [3.63, 3.8) is 0 Å². The molecule has 0 aliphatic rings. The highest BCUT2D eigenvalue weighted by Gasteiger charge is 2.34. The van der Waals surface area contributed by atoms with Crippen LogP contribution in [-0.2, 0) is 4.79 Å². The summed E-state index contributed by atoms with van der Waals surface area (Å²) in [4.78, 5) is 11.1. The van der Waals surface area contributed by atoms with E-state index in [0.717, 1.165) is 0 Å². The zero-order valence-electron chi connectivity index (χ0n) is 9.36. The van der Waals surface area contributed by atoms with Crippen molar-refractivity contribution in [2.45, 2.75) is 44.8 Å². The summed E-state index contributed by atoms with van der Waals surface area (Å²) in [6, 6.07) is 0. The van der Waals surface area contributed by atoms with Gasteiger partial charge in [0.1, 0.15) is 6.42 Å². The third kappa shape index (κ3) is 6.17. The number of nitrogens with one attached hydrogen (secondary N) is 1. The molecule has 98 valence electrons. The summed E-state index contributed by atoms with van der Waals surface area (Å²) in [6.07, 6.45) is -4.88. The summed E-state index contributed by atoms with van der Waals surface area (Å²) in [7, 11) is 0. The van der Waals surface area contributed by atoms with Gasteiger partial charge in [-0.15, -0.1) is 12.4 Å². The van der Waals surface area contributed by atoms with Gasteiger partial charge in [0.15, 0.2) is 0 Å². The molecule has 0 aliphatic heterocycles. The second-order valence-corrected chi connectivity index (χ2v) is 3.53. The normalized spacial score (nSPS) is 11.9. The van der Waals surface area contributed by atoms with E-state index in [9.17, 15) is 18.0 Å². The molecule has 0 unspecified atom stereocenters. The molecule has 0 saturated carbocycles. The van der Waals surface area contributed by atoms with E-state index in [0.29, 0.717) is 12.8 Å². The fourth-order valence-electron chi connectivity index (χ4n) is 1.29. The van der Waals surface area contributed by atoms with Crippen molar-refractivity contribution in [3.8, 4) is 0 Å². The summed E-state index contributed by atoms with van der Waals surface area (Å²) in [6.45, 7) is 3.71. The number of hydrogen-bond acceptors (Lipinski definition) is 2. The van der Waals surface area contributed by atoms with Crippen LogP contribution in [0.15, 0.2) is 0 Å². The average Bonchev–Trinajstić information content (AvgIpc) is 2.11. The van der Waals surface area contributed by atoms with Crippen LogP contribution in [0, 0.1) is 0 Å². The highest BCUT2D eigenvalue weighted by molar-refractivity contribution is 5.85. The molecule has 0 aromatic rings. The third-order valence-electron chi connectivity index (χ3n) is 2.51. The minimum Gasteiger partial charge on any atom is -0.349 e. The standard InChI is InChI=1S/C9H17F3N2O.ClH/c1-3-8(4-2,6-13)14-7(15)5-9(10,11)12;/h3-6,13H2,1-2H3,(H,14,15);1H. The van der Waals surface area contributed by atoms with Crippen molar-refractivity contribution in [2.75, 3.05) is 6.54 Å². The number of rotatable bonds is 5. The SMILES string of the molecule is CCC(CC)(CN)NC(=O)CC(F)(F)F.Cl. The van der Waals surface area contributed by atoms with E-state index in [1.807, 2.05) is 0 Å². The molecule has 0 rings (SSSR count). The van der Waals surface area contributed by atoms with E-state index >= 15 is 0 Å². The Bertz CT molecular complexity index is 209. The van der Waals surface area contributed by atoms with Crippen molar-refractivity contribution < 1.29 is 18.0 Å². The minimum absolute atomic E-state index is 0. The topological polar surface area (TPSA) is 55.1 Å². The number of nitrogens with two attached hydrogens (primary N) is 1. The first kappa shape index (κ1) is 17.9. The molecule has 3 N–H and O–H groups in total. The molecule has 7 heteroatoms. The molecule has 0 heterocycles. The average molecular weight is 263 g/mol. The lowest BCUT2D eigenvalue weighted by Gasteiger charge is -2.31. The number of alkyl halides is 3. The molecule has 0 aromatic heterocycles. The van der Waals surface area contributed by atoms with Gasteiger partial charge < -0.3 is 11.1 Å². The van der Waals surface area contributed by atoms with Gasteiger partial charge in [-0.05, 0) is 12.8 Å². The first-order valence-corrected chi connectivity index (χ1v) is 4.86. The highest BCUT2D eigenvalue weighted by atomic mass is 35.5. The van der Waals surface area contributed by atoms with Crippen LogP contribution in [0.1, 0.15) is 33.1 Å². The maximum Gasteiger partial charge on any atom is 0.397 e. The van der Waals surface area contributed by atoms with Crippen LogP contribution in [0.4, 0.5) is 13.2 Å². The van der Waals surface area contributed by atoms with Gasteiger partial charge in [-0.1, -0.05) is 13.8 Å². The van der Waals surface area contributed by atoms with Gasteiger partial charge in [0, 0.05) is 6.54 Å². The van der Waals surface area contributed by atoms with Crippen LogP contribution in [0.5, 0.6) is 0 Å². The number of hydrogen-bond donors (Lipinski definition) is 2. The molecule has 0 aromatic carbocycles. The smallest absolute Gasteiger partial charge is 0.349 e. The molecular formula is C9H18ClF3N2O. The lowest BCUT2D eigenvalue weighted by molar-refractivity contribution is -0.155. The van der Waals surface area contributed by atoms with Gasteiger partial charge >= 0.3 is 6.18 Å². The summed E-state index contributed by atoms with van der Waals surface area (Å²) in [5.41, 5.74) is 4.74. The van der Waals surface area contributed by atoms with Gasteiger partial charge in [0.25, 0.3) is 0 Å². The zero-order valence-corrected chi connectivity index (χ0v) is 10.2. The van der Waals surface area contributed by atoms with Crippen molar-refractivity contribution in [3.05, 3.63) is 0 Å². The molecule has 16 heavy (non-hydrogen) atoms. The first-order chi connectivity index (χ1) is 6.78. The van der Waals surface area contributed by atoms with Gasteiger partial charge in [0.05, 0.1) is 5.54 Å². The van der Waals surface area contributed by atoms with Crippen molar-refractivity contribution in [1.29, 1.82) is 0 Å². The quantitative estimate of drug-likeness (QED) is 0.796. The molecule has 1 amide bonds. The van der Waals surface area contributed by atoms with E-state index in [2.05, 4.69) is 5.32 Å². The van der Waals surface area contributed by atoms with Gasteiger partial charge in [-0.2, -0.15) is 13.2 Å². The third-order valence-corrected chi connectivity index (χ3v) is 2.51. The van der Waals surface area contributed by atoms with Crippen LogP contribution in [0.25, 0.3) is 0 Å². The Kier molecular flexibility index (Phi) is 7.78. The Labute approximate surface area is 99.4 Å². The molecule has 0 fully saturated rings. The van der Waals surface area contributed by atoms with Crippen molar-refractivity contribution >= 4 is 18.3 Å². The Morgan fingerprint density at radius 3 is 1.94 bits per heavy atom. The van der Waals surface area contributed by atoms with E-state index in [4.69, 9.17) is 5.73 Å². The van der Waals surface area contributed by atoms with E-state index in [1.54, 1.807) is 13.8 Å². The number of carbonyl (C=O) groups is 1. The van der Waals surface area contributed by atoms with Gasteiger partial charge in [-0.25, -0.2) is 0 Å². The monoisotopic (exact) mass is 262 g/mol. The lowest BCUT2D eigenvalue weighted by Crippen LogP contribution is -2.53. The summed E-state index contributed by atoms with van der Waals surface area (Å²) in [5, 5.41) is 2.35. The predicted octanol–water partition coefficient (Wildman–Crippen LogP) is 1.99. The fraction of sp³-hybridized carbons (Fsp3) is 0.889. The van der Waals surface area contributed by atoms with E-state index in [-0.39, 0.29) is 19.0 Å². The number of halogens is 4. The largest absolute Gasteiger partial charge is 0.397 e. The number of amides is 1. The van der Waals surface area contributed by atoms with Crippen molar-refractivity contribution in [1.82, 2.24) is 5.32 Å². The van der Waals surface area contributed by atoms with Crippen LogP contribution in [-0.4, -0.2) is 24.2 Å². The molecular weight excluding hydrogens is 245 g/mol. The summed E-state index contributed by atoms with van der Waals surface area (Å²) >= 11 is 0. The molecule has 3 nitrogen and oxygen atoms in total. The Morgan fingerprint density at radius 1 is 1.25 bits per heavy atom. The van der Waals surface area contributed by atoms with Crippen LogP contribution < -0.4 is 11.1 Å². The fourth-order valence-corrected chi connectivity index (χ4v) is 1.29. The molecule has 0 radical (unpaired) electrons. The van der Waals surface area contributed by atoms with Crippen LogP contribution in [0.3, 0.4) is 0 Å². The lowest BCUT2D eigenvalue weighted by atomic mass is 9.93. The van der Waals surface area contributed by atoms with Crippen molar-refractivity contribution in [2.24, 2.45) is 5.73 Å². The first-order valence-electron chi connectivity index (χ1n) is 4.86. The molecule has 0 bridgehead atoms. The summed E-state index contributed by atoms with van der Waals surface area (Å²) < 4.78 is 35.7. The second kappa shape index (κ2) is 6.96. The van der Waals surface area contributed by atoms with E-state index in [1.165, 1.54) is 0 Å². The van der Waals surface area contributed by atoms with Crippen LogP contribution >= 0.6 is 12.4 Å². The number of carbonyl (C=O) groups excluding carboxylic acids is 1. The maximum atomic E-state index is 11.9. The van der Waals surface area contributed by atoms with Crippen LogP contribution in [0.2, 0.25) is 0 Å². The molecule has 0 aliphatic carbocycles. The van der Waals surface area contributed by atoms with E-state index < -0.39 is 24.0 Å². The highest BCUT2D eigenvalue weighted by Crippen LogP contribution is 2.21. The Hall–Kier alpha value is -0.490. The van der Waals surface area contributed by atoms with Gasteiger partial charge in [0.2, 0.25) is 5.91 Å². The Morgan fingerprint density at radius 2 is 1.69 bits per heavy atom. The minimum atomic E-state index is -4.47. The summed E-state index contributed by atoms with van der Waals surface area (Å²) in [5.74, 6) is -1.02. The zero-order chi connectivity index (χ0) is 12.1. The molecule has 0 atom stereocenters. The predicted molar refractivity (Wildman–Crippen MR) is 58.4 cm³/mol. The molecule has 0 saturated heterocycles. The second-order valence-electron chi connectivity index (χ2n) is 3.53. The maximum absolute atomic E-state index is 11.9. The molecule has 0 spiro atoms. The Balaban J connectivity index is 0. The van der Waals surface area contributed by atoms with Gasteiger partial charge in [-0.3, -0.25) is 4.79 Å².